The monoisotopic (exact) mass is 474 g/mol. The first-order chi connectivity index (χ1) is 16.3. The molecule has 34 heavy (non-hydrogen) atoms. The molecule has 188 valence electrons. The van der Waals surface area contributed by atoms with Gasteiger partial charge in [0, 0.05) is 27.2 Å². The lowest BCUT2D eigenvalue weighted by Crippen LogP contribution is -2.45. The van der Waals surface area contributed by atoms with Crippen molar-refractivity contribution in [1.82, 2.24) is 20.2 Å². The molecule has 2 amide bonds. The summed E-state index contributed by atoms with van der Waals surface area (Å²) < 4.78 is 6.21. The van der Waals surface area contributed by atoms with E-state index in [2.05, 4.69) is 22.6 Å². The second kappa shape index (κ2) is 12.0. The fourth-order valence-electron chi connectivity index (χ4n) is 4.50. The molecule has 2 heterocycles. The second-order valence-corrected chi connectivity index (χ2v) is 9.23. The van der Waals surface area contributed by atoms with Crippen molar-refractivity contribution >= 4 is 12.0 Å². The van der Waals surface area contributed by atoms with Crippen LogP contribution in [0.1, 0.15) is 69.8 Å². The minimum Gasteiger partial charge on any atom is -0.488 e. The zero-order chi connectivity index (χ0) is 24.7. The van der Waals surface area contributed by atoms with Gasteiger partial charge in [0.1, 0.15) is 11.8 Å². The van der Waals surface area contributed by atoms with Crippen LogP contribution in [0, 0.1) is 5.92 Å². The fraction of sp³-hybridized carbons (Fsp3) is 0.708. The van der Waals surface area contributed by atoms with Gasteiger partial charge in [-0.25, -0.2) is 4.79 Å². The van der Waals surface area contributed by atoms with E-state index in [4.69, 9.17) is 9.72 Å². The number of pyridine rings is 1. The van der Waals surface area contributed by atoms with Crippen molar-refractivity contribution in [3.63, 3.8) is 0 Å². The van der Waals surface area contributed by atoms with Crippen molar-refractivity contribution in [3.8, 4) is 5.75 Å². The summed E-state index contributed by atoms with van der Waals surface area (Å²) >= 11 is 0. The molecule has 0 radical (unpaired) electrons. The van der Waals surface area contributed by atoms with Crippen LogP contribution in [0.4, 0.5) is 4.79 Å². The number of aliphatic carboxylic acids is 1. The van der Waals surface area contributed by atoms with Crippen molar-refractivity contribution in [1.29, 1.82) is 0 Å². The molecule has 1 aliphatic heterocycles. The highest BCUT2D eigenvalue weighted by Gasteiger charge is 2.34. The van der Waals surface area contributed by atoms with Crippen LogP contribution < -0.4 is 10.1 Å². The summed E-state index contributed by atoms with van der Waals surface area (Å²) in [6.45, 7) is 5.25. The third-order valence-corrected chi connectivity index (χ3v) is 6.68. The van der Waals surface area contributed by atoms with Gasteiger partial charge in [-0.3, -0.25) is 14.8 Å². The average molecular weight is 475 g/mol. The number of carboxylic acids is 1. The molecule has 4 atom stereocenters. The lowest BCUT2D eigenvalue weighted by Gasteiger charge is -2.28. The molecule has 3 rings (SSSR count). The Labute approximate surface area is 201 Å². The Hall–Kier alpha value is -2.91. The lowest BCUT2D eigenvalue weighted by atomic mass is 9.87. The highest BCUT2D eigenvalue weighted by molar-refractivity contribution is 5.73. The number of unbranched alkanes of at least 4 members (excludes halogenated alkanes) is 1. The van der Waals surface area contributed by atoms with E-state index < -0.39 is 5.97 Å². The average Bonchev–Trinajstić information content (AvgIpc) is 3.21. The van der Waals surface area contributed by atoms with E-state index in [-0.39, 0.29) is 30.1 Å². The normalized spacial score (nSPS) is 24.2. The number of rotatable bonds is 10. The number of urea groups is 1. The quantitative estimate of drug-likeness (QED) is 0.532. The third kappa shape index (κ3) is 6.36. The molecule has 2 N–H and O–H groups in total. The second-order valence-electron chi connectivity index (χ2n) is 9.23. The van der Waals surface area contributed by atoms with Gasteiger partial charge in [0.15, 0.2) is 0 Å². The molecule has 1 fully saturated rings. The van der Waals surface area contributed by atoms with Gasteiger partial charge in [0.05, 0.1) is 29.5 Å². The van der Waals surface area contributed by atoms with Gasteiger partial charge in [-0.1, -0.05) is 25.5 Å². The van der Waals surface area contributed by atoms with E-state index in [0.29, 0.717) is 31.6 Å². The summed E-state index contributed by atoms with van der Waals surface area (Å²) in [7, 11) is 3.65. The molecule has 10 heteroatoms. The molecule has 1 saturated carbocycles. The Morgan fingerprint density at radius 1 is 1.29 bits per heavy atom. The number of amides is 2. The topological polar surface area (TPSA) is 120 Å². The number of hydrogen-bond donors (Lipinski definition) is 2. The van der Waals surface area contributed by atoms with Crippen LogP contribution in [0.5, 0.6) is 5.75 Å². The van der Waals surface area contributed by atoms with Crippen molar-refractivity contribution in [2.45, 2.75) is 77.0 Å². The van der Waals surface area contributed by atoms with Gasteiger partial charge in [0.2, 0.25) is 0 Å². The number of aromatic nitrogens is 1. The van der Waals surface area contributed by atoms with Crippen molar-refractivity contribution in [3.05, 3.63) is 23.5 Å². The summed E-state index contributed by atoms with van der Waals surface area (Å²) in [4.78, 5) is 30.3. The van der Waals surface area contributed by atoms with Crippen LogP contribution >= 0.6 is 0 Å². The van der Waals surface area contributed by atoms with Crippen LogP contribution in [-0.4, -0.2) is 71.3 Å². The molecule has 0 saturated heterocycles. The summed E-state index contributed by atoms with van der Waals surface area (Å²) in [6, 6.07) is 3.27. The van der Waals surface area contributed by atoms with Crippen LogP contribution in [0.25, 0.3) is 0 Å². The van der Waals surface area contributed by atoms with Gasteiger partial charge in [-0.05, 0) is 50.7 Å². The summed E-state index contributed by atoms with van der Waals surface area (Å²) in [5, 5.41) is 22.7. The molecule has 2 aliphatic rings. The summed E-state index contributed by atoms with van der Waals surface area (Å²) in [6.07, 6.45) is 5.51. The van der Waals surface area contributed by atoms with E-state index in [1.165, 1.54) is 0 Å². The molecule has 0 spiro atoms. The number of carbonyl (C=O) groups excluding carboxylic acids is 1. The maximum atomic E-state index is 12.4. The van der Waals surface area contributed by atoms with Crippen molar-refractivity contribution in [2.24, 2.45) is 16.3 Å². The zero-order valence-corrected chi connectivity index (χ0v) is 20.7. The molecule has 10 nitrogen and oxygen atoms in total. The number of nitrogens with zero attached hydrogens (tertiary/aromatic N) is 5. The minimum atomic E-state index is -0.747. The fourth-order valence-corrected chi connectivity index (χ4v) is 4.50. The number of carbonyl (C=O) groups is 2. The number of hydrogen-bond acceptors (Lipinski definition) is 7. The highest BCUT2D eigenvalue weighted by Crippen LogP contribution is 2.33. The molecule has 1 aliphatic carbocycles. The molecule has 0 aromatic carbocycles. The van der Waals surface area contributed by atoms with E-state index in [1.807, 2.05) is 26.1 Å². The number of nitrogens with one attached hydrogen (secondary N) is 1. The Morgan fingerprint density at radius 3 is 2.79 bits per heavy atom. The van der Waals surface area contributed by atoms with Crippen molar-refractivity contribution in [2.75, 3.05) is 27.2 Å². The first kappa shape index (κ1) is 25.7. The number of aryl methyl sites for hydroxylation is 1. The van der Waals surface area contributed by atoms with Gasteiger partial charge in [0.25, 0.3) is 0 Å². The first-order valence-corrected chi connectivity index (χ1v) is 12.4. The molecular weight excluding hydrogens is 436 g/mol. The Bertz CT molecular complexity index is 879. The van der Waals surface area contributed by atoms with Crippen LogP contribution in [0.2, 0.25) is 0 Å². The molecule has 2 unspecified atom stereocenters. The van der Waals surface area contributed by atoms with Gasteiger partial charge in [-0.2, -0.15) is 5.11 Å². The predicted octanol–water partition coefficient (Wildman–Crippen LogP) is 3.83. The first-order valence-electron chi connectivity index (χ1n) is 12.4. The molecule has 1 aromatic rings. The maximum Gasteiger partial charge on any atom is 0.317 e. The largest absolute Gasteiger partial charge is 0.488 e. The summed E-state index contributed by atoms with van der Waals surface area (Å²) in [5.74, 6) is -0.390. The highest BCUT2D eigenvalue weighted by atomic mass is 16.5. The molecule has 1 aromatic heterocycles. The van der Waals surface area contributed by atoms with Gasteiger partial charge in [-0.15, -0.1) is 0 Å². The number of likely N-dealkylation sites (N-methyl/N-ethyl adjacent to an activating group) is 1. The standard InChI is InChI=1S/C24H38N6O4/c1-5-7-13-29(3)24(33)25-15-20-22(27-28-30(20)4)19-11-12-21(18(6-2)26-19)34-17-10-8-9-16(14-17)23(31)32/h11-12,16-17,20,22H,5-10,13-15H2,1-4H3,(H,25,33)(H,31,32)/t16-,17-,20?,22?/m0/s1. The molecular formula is C24H38N6O4. The van der Waals surface area contributed by atoms with Crippen LogP contribution in [0.15, 0.2) is 22.5 Å². The Balaban J connectivity index is 1.66. The Morgan fingerprint density at radius 2 is 2.09 bits per heavy atom. The van der Waals surface area contributed by atoms with E-state index in [9.17, 15) is 14.7 Å². The SMILES string of the molecule is CCCCN(C)C(=O)NCC1C(c2ccc(O[C@H]3CCC[C@H](C(=O)O)C3)c(CC)n2)N=NN1C. The van der Waals surface area contributed by atoms with Gasteiger partial charge >= 0.3 is 12.0 Å². The zero-order valence-electron chi connectivity index (χ0n) is 20.7. The number of carboxylic acid groups (broad SMARTS) is 1. The van der Waals surface area contributed by atoms with Crippen LogP contribution in [-0.2, 0) is 11.2 Å². The Kier molecular flexibility index (Phi) is 9.06. The third-order valence-electron chi connectivity index (χ3n) is 6.68. The summed E-state index contributed by atoms with van der Waals surface area (Å²) in [5.41, 5.74) is 1.60. The minimum absolute atomic E-state index is 0.106. The predicted molar refractivity (Wildman–Crippen MR) is 128 cm³/mol. The smallest absolute Gasteiger partial charge is 0.317 e. The molecule has 0 bridgehead atoms. The van der Waals surface area contributed by atoms with Gasteiger partial charge < -0.3 is 20.1 Å². The van der Waals surface area contributed by atoms with E-state index in [1.54, 1.807) is 17.0 Å². The number of ether oxygens (including phenoxy) is 1. The van der Waals surface area contributed by atoms with Crippen LogP contribution in [0.3, 0.4) is 0 Å². The van der Waals surface area contributed by atoms with E-state index in [0.717, 1.165) is 43.6 Å². The maximum absolute atomic E-state index is 12.4. The van der Waals surface area contributed by atoms with E-state index >= 15 is 0 Å². The van der Waals surface area contributed by atoms with Crippen molar-refractivity contribution < 1.29 is 19.4 Å². The lowest BCUT2D eigenvalue weighted by molar-refractivity contribution is -0.143.